The van der Waals surface area contributed by atoms with Gasteiger partial charge in [-0.05, 0) is 30.4 Å². The van der Waals surface area contributed by atoms with Gasteiger partial charge in [-0.15, -0.1) is 0 Å². The van der Waals surface area contributed by atoms with Crippen LogP contribution in [0.25, 0.3) is 0 Å². The lowest BCUT2D eigenvalue weighted by Crippen LogP contribution is -2.03. The van der Waals surface area contributed by atoms with Gasteiger partial charge in [-0.25, -0.2) is 4.79 Å². The minimum absolute atomic E-state index is 0.000827. The second kappa shape index (κ2) is 7.82. The number of hydrogen-bond acceptors (Lipinski definition) is 2. The molecule has 1 aromatic carbocycles. The van der Waals surface area contributed by atoms with E-state index in [0.29, 0.717) is 5.92 Å². The number of phenols is 1. The van der Waals surface area contributed by atoms with E-state index in [-0.39, 0.29) is 11.3 Å². The van der Waals surface area contributed by atoms with Crippen molar-refractivity contribution < 1.29 is 15.0 Å². The fraction of sp³-hybridized carbons (Fsp3) is 0.562. The first-order valence-corrected chi connectivity index (χ1v) is 7.14. The van der Waals surface area contributed by atoms with Gasteiger partial charge < -0.3 is 10.2 Å². The fourth-order valence-electron chi connectivity index (χ4n) is 2.37. The van der Waals surface area contributed by atoms with Crippen molar-refractivity contribution in [2.75, 3.05) is 0 Å². The summed E-state index contributed by atoms with van der Waals surface area (Å²) in [5.41, 5.74) is 0.744. The first-order valence-electron chi connectivity index (χ1n) is 7.14. The fourth-order valence-corrected chi connectivity index (χ4v) is 2.37. The van der Waals surface area contributed by atoms with Crippen molar-refractivity contribution in [1.29, 1.82) is 0 Å². The molecule has 0 saturated carbocycles. The highest BCUT2D eigenvalue weighted by Crippen LogP contribution is 2.26. The summed E-state index contributed by atoms with van der Waals surface area (Å²) in [6, 6.07) is 4.95. The molecule has 0 amide bonds. The second-order valence-electron chi connectivity index (χ2n) is 5.07. The number of unbranched alkanes of at least 4 members (excludes halogenated alkanes) is 1. The number of aryl methyl sites for hydroxylation is 1. The molecule has 0 aliphatic heterocycles. The normalized spacial score (nSPS) is 12.3. The summed E-state index contributed by atoms with van der Waals surface area (Å²) in [6.07, 6.45) is 6.55. The van der Waals surface area contributed by atoms with Crippen molar-refractivity contribution in [2.45, 2.75) is 52.4 Å². The van der Waals surface area contributed by atoms with Crippen molar-refractivity contribution >= 4 is 5.97 Å². The smallest absolute Gasteiger partial charge is 0.339 e. The van der Waals surface area contributed by atoms with Crippen molar-refractivity contribution in [3.05, 3.63) is 29.3 Å². The minimum atomic E-state index is -1.07. The molecule has 2 N–H and O–H groups in total. The molecule has 1 atom stereocenters. The average Bonchev–Trinajstić information content (AvgIpc) is 2.40. The average molecular weight is 264 g/mol. The molecule has 3 nitrogen and oxygen atoms in total. The molecule has 106 valence electrons. The van der Waals surface area contributed by atoms with Crippen LogP contribution in [-0.4, -0.2) is 16.2 Å². The molecule has 19 heavy (non-hydrogen) atoms. The highest BCUT2D eigenvalue weighted by Gasteiger charge is 2.14. The van der Waals surface area contributed by atoms with Gasteiger partial charge in [0.25, 0.3) is 0 Å². The van der Waals surface area contributed by atoms with Gasteiger partial charge in [0.2, 0.25) is 0 Å². The number of carboxylic acids is 1. The van der Waals surface area contributed by atoms with E-state index in [1.165, 1.54) is 25.3 Å². The topological polar surface area (TPSA) is 57.5 Å². The summed E-state index contributed by atoms with van der Waals surface area (Å²) >= 11 is 0. The molecule has 0 heterocycles. The molecule has 1 rings (SSSR count). The van der Waals surface area contributed by atoms with E-state index >= 15 is 0 Å². The second-order valence-corrected chi connectivity index (χ2v) is 5.07. The van der Waals surface area contributed by atoms with Gasteiger partial charge in [0, 0.05) is 0 Å². The van der Waals surface area contributed by atoms with Crippen molar-refractivity contribution in [1.82, 2.24) is 0 Å². The van der Waals surface area contributed by atoms with Gasteiger partial charge >= 0.3 is 5.97 Å². The Morgan fingerprint density at radius 3 is 2.58 bits per heavy atom. The highest BCUT2D eigenvalue weighted by atomic mass is 16.4. The van der Waals surface area contributed by atoms with Crippen molar-refractivity contribution in [3.63, 3.8) is 0 Å². The Kier molecular flexibility index (Phi) is 6.40. The van der Waals surface area contributed by atoms with Gasteiger partial charge in [0.05, 0.1) is 0 Å². The van der Waals surface area contributed by atoms with Gasteiger partial charge in [0.1, 0.15) is 11.3 Å². The van der Waals surface area contributed by atoms with Crippen molar-refractivity contribution in [3.8, 4) is 5.75 Å². The number of aromatic carboxylic acids is 1. The van der Waals surface area contributed by atoms with Crippen LogP contribution in [0.3, 0.4) is 0 Å². The molecule has 0 bridgehead atoms. The summed E-state index contributed by atoms with van der Waals surface area (Å²) in [7, 11) is 0. The van der Waals surface area contributed by atoms with Crippen LogP contribution in [0.5, 0.6) is 5.75 Å². The van der Waals surface area contributed by atoms with Crippen LogP contribution >= 0.6 is 0 Å². The van der Waals surface area contributed by atoms with E-state index in [1.807, 2.05) is 6.07 Å². The third-order valence-electron chi connectivity index (χ3n) is 3.72. The molecule has 0 saturated heterocycles. The van der Waals surface area contributed by atoms with Gasteiger partial charge in [0.15, 0.2) is 0 Å². The zero-order valence-electron chi connectivity index (χ0n) is 11.9. The van der Waals surface area contributed by atoms with Crippen molar-refractivity contribution in [2.24, 2.45) is 5.92 Å². The molecule has 0 aromatic heterocycles. The first kappa shape index (κ1) is 15.5. The molecular formula is C16H24O3. The third kappa shape index (κ3) is 4.58. The number of hydrogen-bond donors (Lipinski definition) is 2. The van der Waals surface area contributed by atoms with Gasteiger partial charge in [-0.2, -0.15) is 0 Å². The Balaban J connectivity index is 2.66. The standard InChI is InChI=1S/C16H24O3/c1-3-5-7-12(4-2)10-11-13-8-6-9-14(15(13)17)16(18)19/h6,8-9,12,17H,3-5,7,10-11H2,1-2H3,(H,18,19). The van der Waals surface area contributed by atoms with Crippen LogP contribution in [-0.2, 0) is 6.42 Å². The van der Waals surface area contributed by atoms with Crippen LogP contribution in [0.2, 0.25) is 0 Å². The minimum Gasteiger partial charge on any atom is -0.507 e. The number of aromatic hydroxyl groups is 1. The summed E-state index contributed by atoms with van der Waals surface area (Å²) in [5, 5.41) is 18.9. The number of carboxylic acid groups (broad SMARTS) is 1. The van der Waals surface area contributed by atoms with Gasteiger partial charge in [-0.1, -0.05) is 51.7 Å². The van der Waals surface area contributed by atoms with E-state index in [2.05, 4.69) is 13.8 Å². The quantitative estimate of drug-likeness (QED) is 0.738. The Morgan fingerprint density at radius 2 is 2.00 bits per heavy atom. The van der Waals surface area contributed by atoms with Crippen LogP contribution < -0.4 is 0 Å². The maximum Gasteiger partial charge on any atom is 0.339 e. The summed E-state index contributed by atoms with van der Waals surface area (Å²) in [5.74, 6) is -0.481. The molecule has 1 unspecified atom stereocenters. The number of para-hydroxylation sites is 1. The molecular weight excluding hydrogens is 240 g/mol. The third-order valence-corrected chi connectivity index (χ3v) is 3.72. The predicted molar refractivity (Wildman–Crippen MR) is 76.7 cm³/mol. The molecule has 1 aromatic rings. The molecule has 0 radical (unpaired) electrons. The zero-order valence-corrected chi connectivity index (χ0v) is 11.9. The molecule has 0 aliphatic rings. The maximum absolute atomic E-state index is 10.9. The van der Waals surface area contributed by atoms with Crippen LogP contribution in [0.15, 0.2) is 18.2 Å². The Morgan fingerprint density at radius 1 is 1.26 bits per heavy atom. The lowest BCUT2D eigenvalue weighted by atomic mass is 9.91. The molecule has 0 spiro atoms. The number of benzene rings is 1. The Hall–Kier alpha value is -1.51. The summed E-state index contributed by atoms with van der Waals surface area (Å²) in [6.45, 7) is 4.38. The lowest BCUT2D eigenvalue weighted by molar-refractivity contribution is 0.0693. The van der Waals surface area contributed by atoms with E-state index in [9.17, 15) is 9.90 Å². The molecule has 3 heteroatoms. The van der Waals surface area contributed by atoms with Crippen LogP contribution in [0.4, 0.5) is 0 Å². The maximum atomic E-state index is 10.9. The predicted octanol–water partition coefficient (Wildman–Crippen LogP) is 4.24. The Labute approximate surface area is 115 Å². The molecule has 0 fully saturated rings. The highest BCUT2D eigenvalue weighted by molar-refractivity contribution is 5.91. The zero-order chi connectivity index (χ0) is 14.3. The SMILES string of the molecule is CCCCC(CC)CCc1cccc(C(=O)O)c1O. The number of rotatable bonds is 8. The van der Waals surface area contributed by atoms with E-state index in [1.54, 1.807) is 6.07 Å². The summed E-state index contributed by atoms with van der Waals surface area (Å²) < 4.78 is 0. The summed E-state index contributed by atoms with van der Waals surface area (Å²) in [4.78, 5) is 10.9. The first-order chi connectivity index (χ1) is 9.10. The monoisotopic (exact) mass is 264 g/mol. The van der Waals surface area contributed by atoms with E-state index in [0.717, 1.165) is 24.8 Å². The Bertz CT molecular complexity index is 412. The van der Waals surface area contributed by atoms with Gasteiger partial charge in [-0.3, -0.25) is 0 Å². The van der Waals surface area contributed by atoms with E-state index in [4.69, 9.17) is 5.11 Å². The largest absolute Gasteiger partial charge is 0.507 e. The van der Waals surface area contributed by atoms with E-state index < -0.39 is 5.97 Å². The molecule has 0 aliphatic carbocycles. The lowest BCUT2D eigenvalue weighted by Gasteiger charge is -2.15. The van der Waals surface area contributed by atoms with Crippen LogP contribution in [0.1, 0.15) is 61.9 Å². The van der Waals surface area contributed by atoms with Crippen LogP contribution in [0, 0.1) is 5.92 Å². The number of carbonyl (C=O) groups is 1.